The lowest BCUT2D eigenvalue weighted by Gasteiger charge is -2.11. The van der Waals surface area contributed by atoms with Crippen molar-refractivity contribution >= 4 is 27.4 Å². The largest absolute Gasteiger partial charge is 0.483 e. The van der Waals surface area contributed by atoms with Crippen molar-refractivity contribution in [3.05, 3.63) is 38.0 Å². The molecule has 0 aliphatic carbocycles. The van der Waals surface area contributed by atoms with Gasteiger partial charge in [-0.25, -0.2) is 14.4 Å². The van der Waals surface area contributed by atoms with Gasteiger partial charge in [0, 0.05) is 39.6 Å². The predicted octanol–water partition coefficient (Wildman–Crippen LogP) is -0.173. The van der Waals surface area contributed by atoms with Crippen molar-refractivity contribution in [3.63, 3.8) is 0 Å². The number of rotatable bonds is 9. The van der Waals surface area contributed by atoms with Gasteiger partial charge in [-0.15, -0.1) is 0 Å². The number of hydrogen-bond acceptors (Lipinski definition) is 10. The zero-order chi connectivity index (χ0) is 19.5. The van der Waals surface area contributed by atoms with E-state index in [2.05, 4.69) is 33.9 Å². The highest BCUT2D eigenvalue weighted by atomic mass is 28.3. The molecule has 10 nitrogen and oxygen atoms in total. The Labute approximate surface area is 146 Å². The van der Waals surface area contributed by atoms with Crippen LogP contribution in [-0.2, 0) is 46.6 Å². The van der Waals surface area contributed by atoms with Gasteiger partial charge < -0.3 is 27.5 Å². The van der Waals surface area contributed by atoms with E-state index in [-0.39, 0.29) is 0 Å². The lowest BCUT2D eigenvalue weighted by atomic mass is 10.6. The minimum absolute atomic E-state index is 0.828. The van der Waals surface area contributed by atoms with Gasteiger partial charge in [-0.2, -0.15) is 0 Å². The van der Waals surface area contributed by atoms with Crippen LogP contribution in [0.5, 0.6) is 0 Å². The fourth-order valence-electron chi connectivity index (χ4n) is 1.18. The van der Waals surface area contributed by atoms with Crippen LogP contribution in [0.15, 0.2) is 38.0 Å². The van der Waals surface area contributed by atoms with E-state index in [9.17, 15) is 14.4 Å². The molecule has 25 heavy (non-hydrogen) atoms. The van der Waals surface area contributed by atoms with Crippen molar-refractivity contribution in [2.24, 2.45) is 0 Å². The molecule has 1 heterocycles. The first-order chi connectivity index (χ1) is 11.8. The van der Waals surface area contributed by atoms with Crippen molar-refractivity contribution in [2.75, 3.05) is 21.3 Å². The van der Waals surface area contributed by atoms with E-state index in [1.54, 1.807) is 21.3 Å². The molecule has 1 aliphatic rings. The molecule has 0 bridgehead atoms. The molecule has 1 aliphatic heterocycles. The van der Waals surface area contributed by atoms with Crippen LogP contribution in [0.2, 0.25) is 0 Å². The maximum absolute atomic E-state index is 11.0. The number of carbonyl (C=O) groups is 3. The molecule has 1 rings (SSSR count). The Kier molecular flexibility index (Phi) is 10.2. The van der Waals surface area contributed by atoms with Gasteiger partial charge in [-0.05, 0) is 0 Å². The van der Waals surface area contributed by atoms with Gasteiger partial charge in [0.15, 0.2) is 0 Å². The summed E-state index contributed by atoms with van der Waals surface area (Å²) in [4.78, 5) is 33.0. The van der Waals surface area contributed by atoms with Crippen molar-refractivity contribution in [3.8, 4) is 0 Å². The Morgan fingerprint density at radius 3 is 1.56 bits per heavy atom. The van der Waals surface area contributed by atoms with Gasteiger partial charge in [0.1, 0.15) is 0 Å². The third-order valence-electron chi connectivity index (χ3n) is 2.29. The summed E-state index contributed by atoms with van der Waals surface area (Å²) < 4.78 is 32.9. The van der Waals surface area contributed by atoms with Crippen LogP contribution >= 0.6 is 0 Å². The zero-order valence-electron chi connectivity index (χ0n) is 14.1. The molecule has 1 unspecified atom stereocenters. The van der Waals surface area contributed by atoms with Crippen molar-refractivity contribution < 1.29 is 46.6 Å². The number of esters is 3. The molecule has 0 amide bonds. The molecular weight excluding hydrogens is 356 g/mol. The molecule has 0 aromatic heterocycles. The lowest BCUT2D eigenvalue weighted by Crippen LogP contribution is -2.30. The van der Waals surface area contributed by atoms with Gasteiger partial charge >= 0.3 is 39.7 Å². The summed E-state index contributed by atoms with van der Waals surface area (Å²) in [5.74, 6) is -4.74. The molecule has 1 fully saturated rings. The number of ether oxygens (including phenoxy) is 4. The van der Waals surface area contributed by atoms with E-state index in [4.69, 9.17) is 18.0 Å². The van der Waals surface area contributed by atoms with Crippen molar-refractivity contribution in [1.82, 2.24) is 0 Å². The summed E-state index contributed by atoms with van der Waals surface area (Å²) >= 11 is 0. The highest BCUT2D eigenvalue weighted by Gasteiger charge is 2.69. The van der Waals surface area contributed by atoms with E-state index >= 15 is 0 Å². The average Bonchev–Trinajstić information content (AvgIpc) is 3.27. The van der Waals surface area contributed by atoms with Gasteiger partial charge in [-0.1, -0.05) is 19.7 Å². The van der Waals surface area contributed by atoms with Gasteiger partial charge in [0.2, 0.25) is 0 Å². The van der Waals surface area contributed by atoms with Crippen LogP contribution in [0.3, 0.4) is 0 Å². The van der Waals surface area contributed by atoms with Gasteiger partial charge in [0.25, 0.3) is 0 Å². The Morgan fingerprint density at radius 2 is 1.28 bits per heavy atom. The minimum Gasteiger partial charge on any atom is -0.420 e. The first kappa shape index (κ1) is 22.7. The summed E-state index contributed by atoms with van der Waals surface area (Å²) in [6.45, 7) is 9.48. The van der Waals surface area contributed by atoms with Gasteiger partial charge in [0.05, 0.1) is 0 Å². The molecule has 0 radical (unpaired) electrons. The smallest absolute Gasteiger partial charge is 0.420 e. The maximum atomic E-state index is 11.0. The first-order valence-corrected chi connectivity index (χ1v) is 8.03. The Hall–Kier alpha value is -2.31. The zero-order valence-corrected chi connectivity index (χ0v) is 15.2. The monoisotopic (exact) mass is 376 g/mol. The molecule has 0 N–H and O–H groups in total. The molecule has 1 saturated heterocycles. The molecule has 0 spiro atoms. The van der Waals surface area contributed by atoms with Crippen LogP contribution in [-0.4, -0.2) is 61.0 Å². The summed E-state index contributed by atoms with van der Waals surface area (Å²) in [7, 11) is 3.05. The fourth-order valence-corrected chi connectivity index (χ4v) is 1.76. The fraction of sp³-hybridized carbons (Fsp3) is 0.357. The highest BCUT2D eigenvalue weighted by Crippen LogP contribution is 2.40. The predicted molar refractivity (Wildman–Crippen MR) is 84.6 cm³/mol. The second-order valence-electron chi connectivity index (χ2n) is 3.94. The Bertz CT molecular complexity index is 486. The second kappa shape index (κ2) is 11.3. The quantitative estimate of drug-likeness (QED) is 0.176. The molecule has 0 aromatic carbocycles. The molecule has 0 saturated carbocycles. The third-order valence-corrected chi connectivity index (χ3v) is 3.44. The minimum atomic E-state index is -2.09. The lowest BCUT2D eigenvalue weighted by molar-refractivity contribution is -0.220. The number of epoxide rings is 1. The van der Waals surface area contributed by atoms with Crippen LogP contribution in [0.4, 0.5) is 0 Å². The molecule has 140 valence electrons. The van der Waals surface area contributed by atoms with Crippen LogP contribution in [0.25, 0.3) is 0 Å². The van der Waals surface area contributed by atoms with E-state index in [1.807, 2.05) is 0 Å². The van der Waals surface area contributed by atoms with E-state index in [1.165, 1.54) is 0 Å². The number of carbonyl (C=O) groups excluding carboxylic acids is 3. The second-order valence-corrected chi connectivity index (χ2v) is 5.93. The first-order valence-electron chi connectivity index (χ1n) is 6.62. The maximum Gasteiger partial charge on any atom is 0.483 e. The molecule has 1 atom stereocenters. The van der Waals surface area contributed by atoms with Crippen LogP contribution in [0, 0.1) is 0 Å². The molecular formula is C14H20O10Si. The molecule has 11 heteroatoms. The summed E-state index contributed by atoms with van der Waals surface area (Å²) in [6.07, 6.45) is 1.18. The summed E-state index contributed by atoms with van der Waals surface area (Å²) in [6, 6.07) is 0. The SMILES string of the molecule is C=CC(=O)OC1OC1(OC(=O)C=C)OC(=O)C=C.CO[SiH](OC)OC. The van der Waals surface area contributed by atoms with Crippen molar-refractivity contribution in [2.45, 2.75) is 12.3 Å². The summed E-state index contributed by atoms with van der Waals surface area (Å²) in [5.41, 5.74) is 0. The topological polar surface area (TPSA) is 119 Å². The van der Waals surface area contributed by atoms with E-state index in [0.717, 1.165) is 18.2 Å². The highest BCUT2D eigenvalue weighted by molar-refractivity contribution is 6.36. The van der Waals surface area contributed by atoms with Crippen LogP contribution < -0.4 is 0 Å². The normalized spacial score (nSPS) is 16.6. The Balaban J connectivity index is 0.000000697. The third kappa shape index (κ3) is 7.87. The average molecular weight is 376 g/mol. The van der Waals surface area contributed by atoms with Crippen LogP contribution in [0.1, 0.15) is 0 Å². The summed E-state index contributed by atoms with van der Waals surface area (Å²) in [5, 5.41) is 0. The standard InChI is InChI=1S/C11H10O7.C3H10O3Si/c1-4-7(12)15-10-11(18-10,16-8(13)5-2)17-9(14)6-3;1-4-7(5-2)6-3/h4-6,10H,1-3H2;7H,1-3H3. The Morgan fingerprint density at radius 1 is 0.880 bits per heavy atom. The van der Waals surface area contributed by atoms with E-state index < -0.39 is 39.7 Å². The molecule has 0 aromatic rings. The van der Waals surface area contributed by atoms with Crippen molar-refractivity contribution in [1.29, 1.82) is 0 Å². The van der Waals surface area contributed by atoms with E-state index in [0.29, 0.717) is 0 Å². The van der Waals surface area contributed by atoms with Gasteiger partial charge in [-0.3, -0.25) is 4.74 Å². The number of hydrogen-bond donors (Lipinski definition) is 0.